The molecular weight excluding hydrogens is 400 g/mol. The molecule has 2 aromatic rings. The van der Waals surface area contributed by atoms with E-state index in [0.717, 1.165) is 19.3 Å². The predicted octanol–water partition coefficient (Wildman–Crippen LogP) is 6.89. The Hall–Kier alpha value is -2.05. The molecule has 0 aromatic heterocycles. The Kier molecular flexibility index (Phi) is 10.2. The highest BCUT2D eigenvalue weighted by Crippen LogP contribution is 2.39. The number of aryl methyl sites for hydroxylation is 1. The van der Waals surface area contributed by atoms with Crippen molar-refractivity contribution in [2.45, 2.75) is 82.4 Å². The maximum absolute atomic E-state index is 11.9. The van der Waals surface area contributed by atoms with Crippen LogP contribution in [0, 0.1) is 0 Å². The summed E-state index contributed by atoms with van der Waals surface area (Å²) in [5.41, 5.74) is 0.656. The number of rotatable bonds is 14. The van der Waals surface area contributed by atoms with Gasteiger partial charge in [0.05, 0.1) is 0 Å². The second-order valence-corrected chi connectivity index (χ2v) is 9.08. The lowest BCUT2D eigenvalue weighted by molar-refractivity contribution is 0.411. The number of aromatic hydroxyl groups is 1. The number of phenolic OH excluding ortho intramolecular Hbond substituents is 1. The molecule has 166 valence electrons. The van der Waals surface area contributed by atoms with Gasteiger partial charge in [0, 0.05) is 0 Å². The van der Waals surface area contributed by atoms with Crippen molar-refractivity contribution in [3.8, 4) is 17.2 Å². The maximum Gasteiger partial charge on any atom is 0.301 e. The number of phenols is 1. The minimum absolute atomic E-state index is 0.000348. The number of hydrogen-bond acceptors (Lipinski definition) is 4. The van der Waals surface area contributed by atoms with Gasteiger partial charge in [-0.25, -0.2) is 0 Å². The van der Waals surface area contributed by atoms with Crippen molar-refractivity contribution >= 4 is 10.1 Å². The first kappa shape index (κ1) is 24.2. The van der Waals surface area contributed by atoms with E-state index in [2.05, 4.69) is 6.92 Å². The average Bonchev–Trinajstić information content (AvgIpc) is 2.70. The number of benzene rings is 2. The van der Waals surface area contributed by atoms with Crippen molar-refractivity contribution in [2.75, 3.05) is 0 Å². The molecule has 0 unspecified atom stereocenters. The van der Waals surface area contributed by atoms with Crippen molar-refractivity contribution in [2.24, 2.45) is 0 Å². The molecule has 0 bridgehead atoms. The Bertz CT molecular complexity index is 863. The average molecular weight is 435 g/mol. The molecule has 0 aliphatic rings. The molecule has 0 spiro atoms. The summed E-state index contributed by atoms with van der Waals surface area (Å²) in [6.45, 7) is 2.23. The largest absolute Gasteiger partial charge is 0.506 e. The van der Waals surface area contributed by atoms with Crippen molar-refractivity contribution in [3.63, 3.8) is 0 Å². The van der Waals surface area contributed by atoms with Crippen LogP contribution in [0.2, 0.25) is 0 Å². The summed E-state index contributed by atoms with van der Waals surface area (Å²) in [6, 6.07) is 11.7. The zero-order valence-electron chi connectivity index (χ0n) is 17.8. The molecule has 0 amide bonds. The summed E-state index contributed by atoms with van der Waals surface area (Å²) in [5, 5.41) is 10.1. The number of unbranched alkanes of at least 4 members (excludes halogenated alkanes) is 9. The van der Waals surface area contributed by atoms with Gasteiger partial charge < -0.3 is 9.84 Å². The van der Waals surface area contributed by atoms with Gasteiger partial charge in [0.15, 0.2) is 10.6 Å². The van der Waals surface area contributed by atoms with Crippen LogP contribution < -0.4 is 4.74 Å². The molecule has 6 heteroatoms. The highest BCUT2D eigenvalue weighted by Gasteiger charge is 2.25. The molecule has 0 radical (unpaired) electrons. The molecule has 0 aliphatic carbocycles. The fourth-order valence-corrected chi connectivity index (χ4v) is 4.30. The summed E-state index contributed by atoms with van der Waals surface area (Å²) < 4.78 is 39.2. The third-order valence-electron chi connectivity index (χ3n) is 5.19. The molecule has 2 N–H and O–H groups in total. The first-order valence-electron chi connectivity index (χ1n) is 11.0. The van der Waals surface area contributed by atoms with Crippen molar-refractivity contribution in [1.29, 1.82) is 0 Å². The minimum atomic E-state index is -4.63. The molecule has 2 rings (SSSR count). The standard InChI is InChI=1S/C24H34O5S/c1-2-3-4-5-6-7-8-9-10-12-15-20-18-19-22(25)24(30(26,27)28)23(20)29-21-16-13-11-14-17-21/h11,13-14,16-19,25H,2-10,12,15H2,1H3,(H,26,27,28). The van der Waals surface area contributed by atoms with E-state index in [1.165, 1.54) is 51.0 Å². The third-order valence-corrected chi connectivity index (χ3v) is 6.10. The van der Waals surface area contributed by atoms with E-state index in [-0.39, 0.29) is 5.75 Å². The highest BCUT2D eigenvalue weighted by molar-refractivity contribution is 7.86. The van der Waals surface area contributed by atoms with E-state index < -0.39 is 20.8 Å². The van der Waals surface area contributed by atoms with Crippen molar-refractivity contribution < 1.29 is 22.8 Å². The van der Waals surface area contributed by atoms with Crippen LogP contribution in [-0.2, 0) is 16.5 Å². The van der Waals surface area contributed by atoms with Gasteiger partial charge in [0.1, 0.15) is 11.5 Å². The molecule has 0 aliphatic heterocycles. The van der Waals surface area contributed by atoms with Crippen LogP contribution >= 0.6 is 0 Å². The normalized spacial score (nSPS) is 11.5. The van der Waals surface area contributed by atoms with Crippen LogP contribution in [0.5, 0.6) is 17.2 Å². The summed E-state index contributed by atoms with van der Waals surface area (Å²) in [4.78, 5) is -0.573. The van der Waals surface area contributed by atoms with E-state index in [4.69, 9.17) is 4.74 Å². The first-order valence-corrected chi connectivity index (χ1v) is 12.4. The molecule has 0 heterocycles. The lowest BCUT2D eigenvalue weighted by Crippen LogP contribution is -2.04. The maximum atomic E-state index is 11.9. The monoisotopic (exact) mass is 434 g/mol. The second-order valence-electron chi connectivity index (χ2n) is 7.72. The number of hydrogen-bond donors (Lipinski definition) is 2. The van der Waals surface area contributed by atoms with E-state index in [0.29, 0.717) is 17.7 Å². The van der Waals surface area contributed by atoms with Crippen molar-refractivity contribution in [3.05, 3.63) is 48.0 Å². The van der Waals surface area contributed by atoms with E-state index in [1.54, 1.807) is 30.3 Å². The molecule has 0 atom stereocenters. The van der Waals surface area contributed by atoms with Gasteiger partial charge >= 0.3 is 10.1 Å². The smallest absolute Gasteiger partial charge is 0.301 e. The van der Waals surface area contributed by atoms with E-state index >= 15 is 0 Å². The second kappa shape index (κ2) is 12.6. The third kappa shape index (κ3) is 8.00. The molecule has 0 saturated heterocycles. The Labute approximate surface area is 180 Å². The molecular formula is C24H34O5S. The Morgan fingerprint density at radius 2 is 1.37 bits per heavy atom. The number of para-hydroxylation sites is 1. The lowest BCUT2D eigenvalue weighted by Gasteiger charge is -2.15. The zero-order valence-corrected chi connectivity index (χ0v) is 18.7. The Morgan fingerprint density at radius 3 is 1.93 bits per heavy atom. The SMILES string of the molecule is CCCCCCCCCCCCc1ccc(O)c(S(=O)(=O)O)c1Oc1ccccc1. The van der Waals surface area contributed by atoms with Crippen LogP contribution in [0.15, 0.2) is 47.4 Å². The van der Waals surface area contributed by atoms with Crippen LogP contribution in [0.25, 0.3) is 0 Å². The molecule has 5 nitrogen and oxygen atoms in total. The summed E-state index contributed by atoms with van der Waals surface area (Å²) in [7, 11) is -4.63. The van der Waals surface area contributed by atoms with Gasteiger partial charge in [-0.2, -0.15) is 8.42 Å². The van der Waals surface area contributed by atoms with Crippen LogP contribution in [-0.4, -0.2) is 18.1 Å². The fourth-order valence-electron chi connectivity index (χ4n) is 3.56. The zero-order chi connectivity index (χ0) is 21.8. The van der Waals surface area contributed by atoms with Crippen LogP contribution in [0.3, 0.4) is 0 Å². The predicted molar refractivity (Wildman–Crippen MR) is 120 cm³/mol. The van der Waals surface area contributed by atoms with Gasteiger partial charge in [-0.05, 0) is 36.6 Å². The van der Waals surface area contributed by atoms with Crippen LogP contribution in [0.4, 0.5) is 0 Å². The van der Waals surface area contributed by atoms with Gasteiger partial charge in [0.2, 0.25) is 0 Å². The van der Waals surface area contributed by atoms with Gasteiger partial charge in [-0.15, -0.1) is 0 Å². The van der Waals surface area contributed by atoms with Crippen molar-refractivity contribution in [1.82, 2.24) is 0 Å². The number of ether oxygens (including phenoxy) is 1. The molecule has 0 fully saturated rings. The van der Waals surface area contributed by atoms with Gasteiger partial charge in [0.25, 0.3) is 0 Å². The Morgan fingerprint density at radius 1 is 0.800 bits per heavy atom. The Balaban J connectivity index is 1.97. The summed E-state index contributed by atoms with van der Waals surface area (Å²) in [6.07, 6.45) is 12.7. The first-order chi connectivity index (χ1) is 14.4. The lowest BCUT2D eigenvalue weighted by atomic mass is 10.0. The van der Waals surface area contributed by atoms with Gasteiger partial charge in [-0.1, -0.05) is 89.0 Å². The van der Waals surface area contributed by atoms with E-state index in [9.17, 15) is 18.1 Å². The minimum Gasteiger partial charge on any atom is -0.506 e. The summed E-state index contributed by atoms with van der Waals surface area (Å²) in [5.74, 6) is -0.0767. The van der Waals surface area contributed by atoms with Crippen LogP contribution in [0.1, 0.15) is 76.7 Å². The molecule has 0 saturated carbocycles. The topological polar surface area (TPSA) is 83.8 Å². The fraction of sp³-hybridized carbons (Fsp3) is 0.500. The molecule has 2 aromatic carbocycles. The van der Waals surface area contributed by atoms with Gasteiger partial charge in [-0.3, -0.25) is 4.55 Å². The van der Waals surface area contributed by atoms with E-state index in [1.807, 2.05) is 6.07 Å². The molecule has 30 heavy (non-hydrogen) atoms. The quantitative estimate of drug-likeness (QED) is 0.250. The summed E-state index contributed by atoms with van der Waals surface area (Å²) >= 11 is 0. The highest BCUT2D eigenvalue weighted by atomic mass is 32.2.